The van der Waals surface area contributed by atoms with Gasteiger partial charge in [-0.1, -0.05) is 36.7 Å². The van der Waals surface area contributed by atoms with Crippen LogP contribution in [0, 0.1) is 5.92 Å². The molecule has 0 aliphatic heterocycles. The fourth-order valence-electron chi connectivity index (χ4n) is 1.46. The fraction of sp³-hybridized carbons (Fsp3) is 0.429. The number of hydrogen-bond acceptors (Lipinski definition) is 3. The van der Waals surface area contributed by atoms with Crippen molar-refractivity contribution in [2.45, 2.75) is 27.2 Å². The van der Waals surface area contributed by atoms with Crippen molar-refractivity contribution in [1.82, 2.24) is 5.43 Å². The van der Waals surface area contributed by atoms with Gasteiger partial charge in [0, 0.05) is 10.2 Å². The zero-order valence-corrected chi connectivity index (χ0v) is 13.0. The van der Waals surface area contributed by atoms with Crippen LogP contribution in [0.3, 0.4) is 0 Å². The minimum atomic E-state index is -0.255. The molecule has 1 aromatic rings. The number of rotatable bonds is 6. The van der Waals surface area contributed by atoms with Crippen LogP contribution >= 0.6 is 15.9 Å². The zero-order valence-electron chi connectivity index (χ0n) is 11.4. The molecule has 19 heavy (non-hydrogen) atoms. The van der Waals surface area contributed by atoms with Gasteiger partial charge in [0.2, 0.25) is 0 Å². The molecule has 0 atom stereocenters. The van der Waals surface area contributed by atoms with Gasteiger partial charge in [-0.15, -0.1) is 0 Å². The third-order valence-corrected chi connectivity index (χ3v) is 3.07. The Balaban J connectivity index is 2.41. The summed E-state index contributed by atoms with van der Waals surface area (Å²) in [6.45, 7) is 6.07. The second-order valence-corrected chi connectivity index (χ2v) is 5.30. The Kier molecular flexibility index (Phi) is 6.56. The predicted octanol–water partition coefficient (Wildman–Crippen LogP) is 3.37. The van der Waals surface area contributed by atoms with Crippen LogP contribution in [0.1, 0.15) is 27.2 Å². The van der Waals surface area contributed by atoms with Crippen molar-refractivity contribution in [3.8, 4) is 5.75 Å². The van der Waals surface area contributed by atoms with Gasteiger partial charge in [0.1, 0.15) is 5.75 Å². The molecule has 1 N–H and O–H groups in total. The maximum Gasteiger partial charge on any atom is 0.277 e. The van der Waals surface area contributed by atoms with Gasteiger partial charge in [-0.2, -0.15) is 5.10 Å². The van der Waals surface area contributed by atoms with Crippen LogP contribution in [0.2, 0.25) is 0 Å². The van der Waals surface area contributed by atoms with Crippen molar-refractivity contribution in [1.29, 1.82) is 0 Å². The molecule has 0 unspecified atom stereocenters. The lowest BCUT2D eigenvalue weighted by molar-refractivity contribution is -0.123. The number of hydrazone groups is 1. The molecule has 4 nitrogen and oxygen atoms in total. The molecule has 0 saturated carbocycles. The molecular weight excluding hydrogens is 308 g/mol. The third kappa shape index (κ3) is 5.87. The zero-order chi connectivity index (χ0) is 14.3. The molecule has 1 aromatic carbocycles. The Morgan fingerprint density at radius 2 is 2.00 bits per heavy atom. The van der Waals surface area contributed by atoms with Crippen LogP contribution in [0.4, 0.5) is 0 Å². The Morgan fingerprint density at radius 1 is 1.37 bits per heavy atom. The summed E-state index contributed by atoms with van der Waals surface area (Å²) in [5.74, 6) is 0.731. The van der Waals surface area contributed by atoms with Gasteiger partial charge in [0.05, 0.1) is 0 Å². The van der Waals surface area contributed by atoms with Gasteiger partial charge in [-0.3, -0.25) is 4.79 Å². The minimum absolute atomic E-state index is 0.0414. The second-order valence-electron chi connectivity index (χ2n) is 4.39. The van der Waals surface area contributed by atoms with E-state index in [1.54, 1.807) is 12.1 Å². The summed E-state index contributed by atoms with van der Waals surface area (Å²) in [5, 5.41) is 4.10. The van der Waals surface area contributed by atoms with E-state index in [4.69, 9.17) is 4.74 Å². The van der Waals surface area contributed by atoms with E-state index in [2.05, 4.69) is 26.5 Å². The molecule has 0 bridgehead atoms. The average Bonchev–Trinajstić information content (AvgIpc) is 2.38. The van der Waals surface area contributed by atoms with E-state index in [0.29, 0.717) is 11.7 Å². The highest BCUT2D eigenvalue weighted by atomic mass is 79.9. The van der Waals surface area contributed by atoms with Crippen LogP contribution in [0.5, 0.6) is 5.75 Å². The molecule has 0 spiro atoms. The molecule has 5 heteroatoms. The fourth-order valence-corrected chi connectivity index (χ4v) is 1.73. The number of nitrogens with one attached hydrogen (secondary N) is 1. The normalized spacial score (nSPS) is 11.5. The first-order valence-corrected chi connectivity index (χ1v) is 7.06. The standard InChI is InChI=1S/C14H19BrN2O2/c1-4-13(10(2)3)16-17-14(18)9-19-12-7-5-11(15)6-8-12/h5-8,10H,4,9H2,1-3H3,(H,17,18)/b16-13-. The first-order chi connectivity index (χ1) is 9.02. The third-order valence-electron chi connectivity index (χ3n) is 2.54. The lowest BCUT2D eigenvalue weighted by Crippen LogP contribution is -2.26. The topological polar surface area (TPSA) is 50.7 Å². The summed E-state index contributed by atoms with van der Waals surface area (Å²) in [6, 6.07) is 7.32. The summed E-state index contributed by atoms with van der Waals surface area (Å²) in [7, 11) is 0. The number of hydrogen-bond donors (Lipinski definition) is 1. The van der Waals surface area contributed by atoms with Gasteiger partial charge in [-0.25, -0.2) is 5.43 Å². The molecule has 1 rings (SSSR count). The largest absolute Gasteiger partial charge is 0.484 e. The average molecular weight is 327 g/mol. The lowest BCUT2D eigenvalue weighted by atomic mass is 10.1. The van der Waals surface area contributed by atoms with Gasteiger partial charge < -0.3 is 4.74 Å². The summed E-state index contributed by atoms with van der Waals surface area (Å²) in [4.78, 5) is 11.6. The van der Waals surface area contributed by atoms with Crippen LogP contribution in [0.15, 0.2) is 33.8 Å². The molecule has 0 aliphatic carbocycles. The summed E-state index contributed by atoms with van der Waals surface area (Å²) in [5.41, 5.74) is 3.48. The first kappa shape index (κ1) is 15.7. The highest BCUT2D eigenvalue weighted by Crippen LogP contribution is 2.15. The summed E-state index contributed by atoms with van der Waals surface area (Å²) in [6.07, 6.45) is 0.825. The minimum Gasteiger partial charge on any atom is -0.484 e. The second kappa shape index (κ2) is 7.94. The van der Waals surface area contributed by atoms with Crippen molar-refractivity contribution in [2.75, 3.05) is 6.61 Å². The van der Waals surface area contributed by atoms with E-state index in [1.165, 1.54) is 0 Å². The number of ether oxygens (including phenoxy) is 1. The van der Waals surface area contributed by atoms with Crippen LogP contribution < -0.4 is 10.2 Å². The molecule has 0 radical (unpaired) electrons. The number of benzene rings is 1. The molecule has 1 amide bonds. The molecule has 0 fully saturated rings. The molecule has 0 heterocycles. The number of carbonyl (C=O) groups excluding carboxylic acids is 1. The van der Waals surface area contributed by atoms with Crippen molar-refractivity contribution >= 4 is 27.5 Å². The van der Waals surface area contributed by atoms with Crippen molar-refractivity contribution in [3.05, 3.63) is 28.7 Å². The van der Waals surface area contributed by atoms with E-state index < -0.39 is 0 Å². The Hall–Kier alpha value is -1.36. The van der Waals surface area contributed by atoms with Crippen molar-refractivity contribution < 1.29 is 9.53 Å². The van der Waals surface area contributed by atoms with E-state index >= 15 is 0 Å². The van der Waals surface area contributed by atoms with E-state index in [-0.39, 0.29) is 12.5 Å². The molecular formula is C14H19BrN2O2. The van der Waals surface area contributed by atoms with Gasteiger partial charge >= 0.3 is 0 Å². The number of halogens is 1. The number of nitrogens with zero attached hydrogens (tertiary/aromatic N) is 1. The van der Waals surface area contributed by atoms with Crippen LogP contribution in [-0.2, 0) is 4.79 Å². The van der Waals surface area contributed by atoms with Crippen LogP contribution in [-0.4, -0.2) is 18.2 Å². The molecule has 0 aliphatic rings. The SMILES string of the molecule is CC/C(=N/NC(=O)COc1ccc(Br)cc1)C(C)C. The van der Waals surface area contributed by atoms with Crippen molar-refractivity contribution in [3.63, 3.8) is 0 Å². The Bertz CT molecular complexity index is 441. The van der Waals surface area contributed by atoms with E-state index in [0.717, 1.165) is 16.6 Å². The smallest absolute Gasteiger partial charge is 0.277 e. The quantitative estimate of drug-likeness (QED) is 0.643. The maximum atomic E-state index is 11.6. The lowest BCUT2D eigenvalue weighted by Gasteiger charge is -2.08. The molecule has 0 aromatic heterocycles. The first-order valence-electron chi connectivity index (χ1n) is 6.26. The molecule has 0 saturated heterocycles. The Morgan fingerprint density at radius 3 is 2.53 bits per heavy atom. The number of amides is 1. The highest BCUT2D eigenvalue weighted by molar-refractivity contribution is 9.10. The van der Waals surface area contributed by atoms with Crippen LogP contribution in [0.25, 0.3) is 0 Å². The van der Waals surface area contributed by atoms with Gasteiger partial charge in [0.25, 0.3) is 5.91 Å². The van der Waals surface area contributed by atoms with E-state index in [1.807, 2.05) is 32.9 Å². The highest BCUT2D eigenvalue weighted by Gasteiger charge is 2.05. The number of carbonyl (C=O) groups is 1. The molecule has 104 valence electrons. The predicted molar refractivity (Wildman–Crippen MR) is 80.3 cm³/mol. The van der Waals surface area contributed by atoms with Gasteiger partial charge in [0.15, 0.2) is 6.61 Å². The monoisotopic (exact) mass is 326 g/mol. The van der Waals surface area contributed by atoms with E-state index in [9.17, 15) is 4.79 Å². The Labute approximate surface area is 122 Å². The summed E-state index contributed by atoms with van der Waals surface area (Å²) < 4.78 is 6.32. The van der Waals surface area contributed by atoms with Crippen molar-refractivity contribution in [2.24, 2.45) is 11.0 Å². The summed E-state index contributed by atoms with van der Waals surface area (Å²) >= 11 is 3.34. The maximum absolute atomic E-state index is 11.6. The van der Waals surface area contributed by atoms with Gasteiger partial charge in [-0.05, 0) is 36.6 Å².